The van der Waals surface area contributed by atoms with Crippen molar-refractivity contribution < 1.29 is 14.3 Å². The van der Waals surface area contributed by atoms with Gasteiger partial charge in [0.1, 0.15) is 0 Å². The average Bonchev–Trinajstić information content (AvgIpc) is 2.46. The average molecular weight is 279 g/mol. The molecule has 112 valence electrons. The summed E-state index contributed by atoms with van der Waals surface area (Å²) in [6.45, 7) is 9.46. The van der Waals surface area contributed by atoms with Crippen molar-refractivity contribution in [1.29, 1.82) is 0 Å². The summed E-state index contributed by atoms with van der Waals surface area (Å²) in [6, 6.07) is 3.62. The first-order chi connectivity index (χ1) is 9.51. The summed E-state index contributed by atoms with van der Waals surface area (Å²) >= 11 is 0. The van der Waals surface area contributed by atoms with Gasteiger partial charge >= 0.3 is 0 Å². The van der Waals surface area contributed by atoms with Crippen LogP contribution in [0.5, 0.6) is 11.5 Å². The standard InChI is InChI=1S/C16H25NO3/c1-7-17(8-2)16(18)12-9-10-13(19-5)15(20-6)14(12)11(3)4/h9-11H,7-8H2,1-6H3. The number of methoxy groups -OCH3 is 2. The summed E-state index contributed by atoms with van der Waals surface area (Å²) in [5, 5.41) is 0. The Kier molecular flexibility index (Phi) is 5.86. The smallest absolute Gasteiger partial charge is 0.254 e. The normalized spacial score (nSPS) is 10.6. The first-order valence-corrected chi connectivity index (χ1v) is 7.05. The number of amides is 1. The number of nitrogens with zero attached hydrogens (tertiary/aromatic N) is 1. The van der Waals surface area contributed by atoms with Crippen LogP contribution in [0, 0.1) is 0 Å². The molecule has 1 rings (SSSR count). The van der Waals surface area contributed by atoms with Gasteiger partial charge in [-0.05, 0) is 31.9 Å². The van der Waals surface area contributed by atoms with Crippen molar-refractivity contribution >= 4 is 5.91 Å². The van der Waals surface area contributed by atoms with E-state index in [0.717, 1.165) is 5.56 Å². The van der Waals surface area contributed by atoms with Gasteiger partial charge in [-0.3, -0.25) is 4.79 Å². The quantitative estimate of drug-likeness (QED) is 0.802. The number of carbonyl (C=O) groups is 1. The van der Waals surface area contributed by atoms with Crippen LogP contribution in [0.3, 0.4) is 0 Å². The van der Waals surface area contributed by atoms with Gasteiger partial charge in [0.25, 0.3) is 5.91 Å². The van der Waals surface area contributed by atoms with Gasteiger partial charge in [0.05, 0.1) is 14.2 Å². The van der Waals surface area contributed by atoms with Crippen molar-refractivity contribution in [3.8, 4) is 11.5 Å². The van der Waals surface area contributed by atoms with Crippen molar-refractivity contribution in [2.45, 2.75) is 33.6 Å². The summed E-state index contributed by atoms with van der Waals surface area (Å²) in [4.78, 5) is 14.4. The molecular formula is C16H25NO3. The molecule has 0 spiro atoms. The Hall–Kier alpha value is -1.71. The second-order valence-electron chi connectivity index (χ2n) is 4.89. The van der Waals surface area contributed by atoms with E-state index in [1.807, 2.05) is 24.8 Å². The highest BCUT2D eigenvalue weighted by atomic mass is 16.5. The molecule has 4 nitrogen and oxygen atoms in total. The van der Waals surface area contributed by atoms with Crippen molar-refractivity contribution in [3.05, 3.63) is 23.3 Å². The predicted octanol–water partition coefficient (Wildman–Crippen LogP) is 3.31. The van der Waals surface area contributed by atoms with Gasteiger partial charge in [0.2, 0.25) is 0 Å². The zero-order valence-corrected chi connectivity index (χ0v) is 13.3. The molecule has 0 aliphatic rings. The summed E-state index contributed by atoms with van der Waals surface area (Å²) in [6.07, 6.45) is 0. The molecule has 1 amide bonds. The fourth-order valence-corrected chi connectivity index (χ4v) is 2.39. The van der Waals surface area contributed by atoms with Gasteiger partial charge in [-0.1, -0.05) is 13.8 Å². The van der Waals surface area contributed by atoms with E-state index in [4.69, 9.17) is 9.47 Å². The molecule has 0 saturated heterocycles. The summed E-state index contributed by atoms with van der Waals surface area (Å²) in [5.41, 5.74) is 1.60. The van der Waals surface area contributed by atoms with Crippen LogP contribution in [0.25, 0.3) is 0 Å². The molecule has 0 bridgehead atoms. The molecule has 0 heterocycles. The van der Waals surface area contributed by atoms with Crippen LogP contribution < -0.4 is 9.47 Å². The Balaban J connectivity index is 3.43. The molecule has 0 unspecified atom stereocenters. The molecule has 0 fully saturated rings. The molecule has 0 aliphatic carbocycles. The Morgan fingerprint density at radius 2 is 1.75 bits per heavy atom. The van der Waals surface area contributed by atoms with Crippen LogP contribution in [0.1, 0.15) is 49.5 Å². The zero-order chi connectivity index (χ0) is 15.3. The van der Waals surface area contributed by atoms with E-state index < -0.39 is 0 Å². The fourth-order valence-electron chi connectivity index (χ4n) is 2.39. The molecule has 0 aliphatic heterocycles. The topological polar surface area (TPSA) is 38.8 Å². The number of hydrogen-bond donors (Lipinski definition) is 0. The van der Waals surface area contributed by atoms with E-state index in [2.05, 4.69) is 13.8 Å². The van der Waals surface area contributed by atoms with Gasteiger partial charge in [0, 0.05) is 24.2 Å². The number of benzene rings is 1. The first kappa shape index (κ1) is 16.3. The molecule has 0 saturated carbocycles. The molecular weight excluding hydrogens is 254 g/mol. The van der Waals surface area contributed by atoms with Crippen LogP contribution in [0.15, 0.2) is 12.1 Å². The van der Waals surface area contributed by atoms with Crippen molar-refractivity contribution in [3.63, 3.8) is 0 Å². The second kappa shape index (κ2) is 7.17. The third kappa shape index (κ3) is 3.06. The molecule has 1 aromatic carbocycles. The summed E-state index contributed by atoms with van der Waals surface area (Å²) in [7, 11) is 3.21. The van der Waals surface area contributed by atoms with Crippen molar-refractivity contribution in [1.82, 2.24) is 4.90 Å². The second-order valence-corrected chi connectivity index (χ2v) is 4.89. The molecule has 0 radical (unpaired) electrons. The highest BCUT2D eigenvalue weighted by Gasteiger charge is 2.23. The molecule has 1 aromatic rings. The minimum Gasteiger partial charge on any atom is -0.493 e. The van der Waals surface area contributed by atoms with Crippen LogP contribution in [-0.4, -0.2) is 38.1 Å². The molecule has 0 N–H and O–H groups in total. The van der Waals surface area contributed by atoms with Gasteiger partial charge in [0.15, 0.2) is 11.5 Å². The lowest BCUT2D eigenvalue weighted by Gasteiger charge is -2.23. The van der Waals surface area contributed by atoms with Gasteiger partial charge < -0.3 is 14.4 Å². The Morgan fingerprint density at radius 3 is 2.15 bits per heavy atom. The van der Waals surface area contributed by atoms with Gasteiger partial charge in [-0.2, -0.15) is 0 Å². The van der Waals surface area contributed by atoms with Crippen LogP contribution in [-0.2, 0) is 0 Å². The van der Waals surface area contributed by atoms with E-state index in [1.54, 1.807) is 20.3 Å². The highest BCUT2D eigenvalue weighted by molar-refractivity contribution is 5.97. The summed E-state index contributed by atoms with van der Waals surface area (Å²) in [5.74, 6) is 1.53. The lowest BCUT2D eigenvalue weighted by Crippen LogP contribution is -2.31. The fraction of sp³-hybridized carbons (Fsp3) is 0.562. The SMILES string of the molecule is CCN(CC)C(=O)c1ccc(OC)c(OC)c1C(C)C. The largest absolute Gasteiger partial charge is 0.493 e. The van der Waals surface area contributed by atoms with E-state index in [1.165, 1.54) is 0 Å². The maximum atomic E-state index is 12.6. The Bertz CT molecular complexity index is 465. The summed E-state index contributed by atoms with van der Waals surface area (Å²) < 4.78 is 10.8. The zero-order valence-electron chi connectivity index (χ0n) is 13.3. The lowest BCUT2D eigenvalue weighted by molar-refractivity contribution is 0.0771. The Morgan fingerprint density at radius 1 is 1.15 bits per heavy atom. The third-order valence-electron chi connectivity index (χ3n) is 3.44. The maximum absolute atomic E-state index is 12.6. The van der Waals surface area contributed by atoms with E-state index >= 15 is 0 Å². The van der Waals surface area contributed by atoms with Crippen LogP contribution in [0.2, 0.25) is 0 Å². The molecule has 4 heteroatoms. The van der Waals surface area contributed by atoms with Crippen LogP contribution in [0.4, 0.5) is 0 Å². The number of rotatable bonds is 6. The maximum Gasteiger partial charge on any atom is 0.254 e. The monoisotopic (exact) mass is 279 g/mol. The van der Waals surface area contributed by atoms with Gasteiger partial charge in [-0.15, -0.1) is 0 Å². The highest BCUT2D eigenvalue weighted by Crippen LogP contribution is 2.38. The van der Waals surface area contributed by atoms with E-state index in [-0.39, 0.29) is 11.8 Å². The molecule has 0 atom stereocenters. The van der Waals surface area contributed by atoms with Crippen LogP contribution >= 0.6 is 0 Å². The molecule has 0 aromatic heterocycles. The third-order valence-corrected chi connectivity index (χ3v) is 3.44. The van der Waals surface area contributed by atoms with Crippen molar-refractivity contribution in [2.24, 2.45) is 0 Å². The number of carbonyl (C=O) groups excluding carboxylic acids is 1. The van der Waals surface area contributed by atoms with Crippen molar-refractivity contribution in [2.75, 3.05) is 27.3 Å². The predicted molar refractivity (Wildman–Crippen MR) is 80.9 cm³/mol. The minimum atomic E-state index is 0.0413. The Labute approximate surface area is 121 Å². The lowest BCUT2D eigenvalue weighted by atomic mass is 9.94. The minimum absolute atomic E-state index is 0.0413. The van der Waals surface area contributed by atoms with E-state index in [0.29, 0.717) is 30.2 Å². The number of ether oxygens (including phenoxy) is 2. The number of hydrogen-bond acceptors (Lipinski definition) is 3. The van der Waals surface area contributed by atoms with E-state index in [9.17, 15) is 4.79 Å². The first-order valence-electron chi connectivity index (χ1n) is 7.05. The van der Waals surface area contributed by atoms with Gasteiger partial charge in [-0.25, -0.2) is 0 Å². The molecule has 20 heavy (non-hydrogen) atoms.